The summed E-state index contributed by atoms with van der Waals surface area (Å²) in [5.41, 5.74) is 0. The van der Waals surface area contributed by atoms with Crippen molar-refractivity contribution < 1.29 is 14.7 Å². The van der Waals surface area contributed by atoms with Gasteiger partial charge in [-0.25, -0.2) is 9.59 Å². The zero-order valence-electron chi connectivity index (χ0n) is 11.7. The number of rotatable bonds is 4. The Balaban J connectivity index is 1.99. The predicted molar refractivity (Wildman–Crippen MR) is 75.1 cm³/mol. The van der Waals surface area contributed by atoms with Crippen molar-refractivity contribution in [2.24, 2.45) is 5.92 Å². The van der Waals surface area contributed by atoms with Crippen LogP contribution in [-0.2, 0) is 4.79 Å². The smallest absolute Gasteiger partial charge is 0.326 e. The summed E-state index contributed by atoms with van der Waals surface area (Å²) in [5.74, 6) is 1.98. The number of carboxylic acids is 1. The molecule has 1 aliphatic heterocycles. The van der Waals surface area contributed by atoms with Gasteiger partial charge in [0.1, 0.15) is 6.04 Å². The van der Waals surface area contributed by atoms with Gasteiger partial charge in [0.2, 0.25) is 0 Å². The number of carbonyl (C=O) groups is 2. The topological polar surface area (TPSA) is 69.6 Å². The van der Waals surface area contributed by atoms with Crippen LogP contribution in [0.25, 0.3) is 0 Å². The maximum absolute atomic E-state index is 12.3. The van der Waals surface area contributed by atoms with Gasteiger partial charge in [0.15, 0.2) is 0 Å². The van der Waals surface area contributed by atoms with Crippen LogP contribution >= 0.6 is 0 Å². The van der Waals surface area contributed by atoms with Crippen LogP contribution in [0.15, 0.2) is 0 Å². The molecule has 1 aliphatic carbocycles. The van der Waals surface area contributed by atoms with E-state index >= 15 is 0 Å². The lowest BCUT2D eigenvalue weighted by molar-refractivity contribution is -0.141. The number of terminal acetylenes is 1. The lowest BCUT2D eigenvalue weighted by atomic mass is 9.85. The summed E-state index contributed by atoms with van der Waals surface area (Å²) in [4.78, 5) is 25.2. The third-order valence-corrected chi connectivity index (χ3v) is 4.38. The molecule has 2 aliphatic rings. The molecule has 0 radical (unpaired) electrons. The molecule has 2 fully saturated rings. The van der Waals surface area contributed by atoms with Gasteiger partial charge in [0.25, 0.3) is 0 Å². The van der Waals surface area contributed by atoms with Gasteiger partial charge in [0.05, 0.1) is 0 Å². The van der Waals surface area contributed by atoms with Gasteiger partial charge < -0.3 is 15.3 Å². The average molecular weight is 278 g/mol. The average Bonchev–Trinajstić information content (AvgIpc) is 2.83. The first-order valence-corrected chi connectivity index (χ1v) is 7.37. The molecule has 20 heavy (non-hydrogen) atoms. The summed E-state index contributed by atoms with van der Waals surface area (Å²) in [5, 5.41) is 12.1. The molecular weight excluding hydrogens is 256 g/mol. The molecule has 3 atom stereocenters. The van der Waals surface area contributed by atoms with E-state index in [1.54, 1.807) is 4.90 Å². The summed E-state index contributed by atoms with van der Waals surface area (Å²) < 4.78 is 0. The minimum absolute atomic E-state index is 0.0949. The zero-order chi connectivity index (χ0) is 14.5. The Kier molecular flexibility index (Phi) is 4.89. The van der Waals surface area contributed by atoms with E-state index in [2.05, 4.69) is 11.2 Å². The van der Waals surface area contributed by atoms with Crippen LogP contribution in [0.1, 0.15) is 44.9 Å². The van der Waals surface area contributed by atoms with Crippen molar-refractivity contribution >= 4 is 12.0 Å². The number of nitrogens with zero attached hydrogens (tertiary/aromatic N) is 1. The Morgan fingerprint density at radius 2 is 2.10 bits per heavy atom. The van der Waals surface area contributed by atoms with E-state index in [9.17, 15) is 14.7 Å². The fourth-order valence-corrected chi connectivity index (χ4v) is 3.45. The van der Waals surface area contributed by atoms with Gasteiger partial charge >= 0.3 is 12.0 Å². The molecular formula is C15H22N2O3. The lowest BCUT2D eigenvalue weighted by Gasteiger charge is -2.32. The van der Waals surface area contributed by atoms with Crippen LogP contribution in [0, 0.1) is 18.3 Å². The normalized spacial score (nSPS) is 28.6. The second-order valence-corrected chi connectivity index (χ2v) is 5.65. The second kappa shape index (κ2) is 6.65. The van der Waals surface area contributed by atoms with Crippen LogP contribution in [0.3, 0.4) is 0 Å². The van der Waals surface area contributed by atoms with Gasteiger partial charge in [-0.2, -0.15) is 0 Å². The Bertz CT molecular complexity index is 416. The van der Waals surface area contributed by atoms with Gasteiger partial charge in [-0.05, 0) is 31.6 Å². The molecule has 2 rings (SSSR count). The SMILES string of the molecule is C#CCCCNC(=O)N1C(C(=O)O)CC2CCCCC21. The third kappa shape index (κ3) is 3.06. The molecule has 2 amide bonds. The highest BCUT2D eigenvalue weighted by Gasteiger charge is 2.47. The fourth-order valence-electron chi connectivity index (χ4n) is 3.45. The highest BCUT2D eigenvalue weighted by atomic mass is 16.4. The summed E-state index contributed by atoms with van der Waals surface area (Å²) in [6.07, 6.45) is 11.3. The van der Waals surface area contributed by atoms with E-state index in [-0.39, 0.29) is 12.1 Å². The maximum atomic E-state index is 12.3. The summed E-state index contributed by atoms with van der Waals surface area (Å²) >= 11 is 0. The summed E-state index contributed by atoms with van der Waals surface area (Å²) in [6, 6.07) is -0.822. The van der Waals surface area contributed by atoms with Gasteiger partial charge in [-0.1, -0.05) is 12.8 Å². The van der Waals surface area contributed by atoms with Crippen LogP contribution in [0.2, 0.25) is 0 Å². The van der Waals surface area contributed by atoms with E-state index in [0.29, 0.717) is 25.3 Å². The molecule has 0 aromatic rings. The minimum atomic E-state index is -0.891. The molecule has 3 unspecified atom stereocenters. The molecule has 0 bridgehead atoms. The quantitative estimate of drug-likeness (QED) is 0.609. The predicted octanol–water partition coefficient (Wildman–Crippen LogP) is 1.83. The van der Waals surface area contributed by atoms with E-state index < -0.39 is 12.0 Å². The fraction of sp³-hybridized carbons (Fsp3) is 0.733. The highest BCUT2D eigenvalue weighted by molar-refractivity contribution is 5.83. The lowest BCUT2D eigenvalue weighted by Crippen LogP contribution is -2.50. The van der Waals surface area contributed by atoms with Crippen molar-refractivity contribution in [1.29, 1.82) is 0 Å². The molecule has 5 nitrogen and oxygen atoms in total. The Labute approximate surface area is 119 Å². The van der Waals surface area contributed by atoms with Crippen molar-refractivity contribution in [3.8, 4) is 12.3 Å². The Morgan fingerprint density at radius 3 is 2.80 bits per heavy atom. The van der Waals surface area contributed by atoms with Crippen molar-refractivity contribution in [2.45, 2.75) is 57.0 Å². The van der Waals surface area contributed by atoms with Crippen LogP contribution in [0.5, 0.6) is 0 Å². The number of likely N-dealkylation sites (tertiary alicyclic amines) is 1. The number of urea groups is 1. The number of hydrogen-bond donors (Lipinski definition) is 2. The number of unbranched alkanes of at least 4 members (excludes halogenated alkanes) is 1. The number of aliphatic carboxylic acids is 1. The zero-order valence-corrected chi connectivity index (χ0v) is 11.7. The van der Waals surface area contributed by atoms with Crippen molar-refractivity contribution in [1.82, 2.24) is 10.2 Å². The van der Waals surface area contributed by atoms with E-state index in [1.165, 1.54) is 0 Å². The Morgan fingerprint density at radius 1 is 1.35 bits per heavy atom. The van der Waals surface area contributed by atoms with Gasteiger partial charge in [-0.3, -0.25) is 0 Å². The second-order valence-electron chi connectivity index (χ2n) is 5.65. The number of carboxylic acid groups (broad SMARTS) is 1. The molecule has 5 heteroatoms. The monoisotopic (exact) mass is 278 g/mol. The van der Waals surface area contributed by atoms with Crippen molar-refractivity contribution in [3.63, 3.8) is 0 Å². The number of carbonyl (C=O) groups excluding carboxylic acids is 1. The van der Waals surface area contributed by atoms with Gasteiger partial charge in [-0.15, -0.1) is 12.3 Å². The molecule has 0 aromatic carbocycles. The van der Waals surface area contributed by atoms with Crippen LogP contribution < -0.4 is 5.32 Å². The first-order valence-electron chi connectivity index (χ1n) is 7.37. The first-order chi connectivity index (χ1) is 9.65. The molecule has 1 saturated carbocycles. The first kappa shape index (κ1) is 14.7. The van der Waals surface area contributed by atoms with E-state index in [1.807, 2.05) is 0 Å². The highest BCUT2D eigenvalue weighted by Crippen LogP contribution is 2.39. The molecule has 1 heterocycles. The number of fused-ring (bicyclic) bond motifs is 1. The third-order valence-electron chi connectivity index (χ3n) is 4.38. The largest absolute Gasteiger partial charge is 0.480 e. The Hall–Kier alpha value is -1.70. The minimum Gasteiger partial charge on any atom is -0.480 e. The van der Waals surface area contributed by atoms with Crippen LogP contribution in [-0.4, -0.2) is 40.6 Å². The van der Waals surface area contributed by atoms with Crippen LogP contribution in [0.4, 0.5) is 4.79 Å². The van der Waals surface area contributed by atoms with Crippen molar-refractivity contribution in [3.05, 3.63) is 0 Å². The van der Waals surface area contributed by atoms with Crippen molar-refractivity contribution in [2.75, 3.05) is 6.54 Å². The molecule has 0 spiro atoms. The molecule has 1 saturated heterocycles. The number of nitrogens with one attached hydrogen (secondary N) is 1. The number of amides is 2. The molecule has 110 valence electrons. The molecule has 2 N–H and O–H groups in total. The summed E-state index contributed by atoms with van der Waals surface area (Å²) in [6.45, 7) is 0.503. The number of hydrogen-bond acceptors (Lipinski definition) is 2. The van der Waals surface area contributed by atoms with Gasteiger partial charge in [0, 0.05) is 19.0 Å². The summed E-state index contributed by atoms with van der Waals surface area (Å²) in [7, 11) is 0. The van der Waals surface area contributed by atoms with E-state index in [4.69, 9.17) is 6.42 Å². The maximum Gasteiger partial charge on any atom is 0.326 e. The molecule has 0 aromatic heterocycles. The standard InChI is InChI=1S/C15H22N2O3/c1-2-3-6-9-16-15(20)17-12-8-5-4-7-11(12)10-13(17)14(18)19/h1,11-13H,3-10H2,(H,16,20)(H,18,19). The van der Waals surface area contributed by atoms with E-state index in [0.717, 1.165) is 32.1 Å².